The van der Waals surface area contributed by atoms with Gasteiger partial charge >= 0.3 is 5.69 Å². The van der Waals surface area contributed by atoms with Crippen molar-refractivity contribution in [3.05, 3.63) is 44.8 Å². The number of aliphatic hydroxyl groups is 1. The summed E-state index contributed by atoms with van der Waals surface area (Å²) in [5.41, 5.74) is -0.563. The zero-order chi connectivity index (χ0) is 12.5. The first-order chi connectivity index (χ1) is 8.06. The maximum atomic E-state index is 11.6. The third-order valence-corrected chi connectivity index (χ3v) is 3.30. The van der Waals surface area contributed by atoms with Crippen molar-refractivity contribution in [3.8, 4) is 0 Å². The Morgan fingerprint density at radius 3 is 2.65 bits per heavy atom. The number of rotatable bonds is 3. The molecule has 2 rings (SSSR count). The van der Waals surface area contributed by atoms with Crippen molar-refractivity contribution < 1.29 is 5.11 Å². The number of aryl methyl sites for hydroxylation is 1. The number of aliphatic hydroxyl groups excluding tert-OH is 1. The van der Waals surface area contributed by atoms with Gasteiger partial charge in [-0.3, -0.25) is 14.3 Å². The molecule has 0 spiro atoms. The van der Waals surface area contributed by atoms with Crippen LogP contribution < -0.4 is 11.2 Å². The highest BCUT2D eigenvalue weighted by molar-refractivity contribution is 5.05. The lowest BCUT2D eigenvalue weighted by Crippen LogP contribution is -2.37. The second kappa shape index (κ2) is 4.33. The van der Waals surface area contributed by atoms with Gasteiger partial charge in [0, 0.05) is 23.7 Å². The number of nitrogens with one attached hydrogen (secondary N) is 1. The largest absolute Gasteiger partial charge is 0.396 e. The number of allylic oxidation sites excluding steroid dienone is 2. The standard InChI is InChI=1S/C12H16N2O3/c1-9-6-14(11(17)13-10(9)16)7-12(8-15)4-2-3-5-12/h2-3,6,15H,4-5,7-8H2,1H3,(H,13,16,17). The highest BCUT2D eigenvalue weighted by atomic mass is 16.3. The van der Waals surface area contributed by atoms with Gasteiger partial charge in [-0.15, -0.1) is 0 Å². The Hall–Kier alpha value is -1.62. The first kappa shape index (κ1) is 11.9. The molecule has 0 unspecified atom stereocenters. The molecule has 1 aromatic heterocycles. The molecule has 5 nitrogen and oxygen atoms in total. The van der Waals surface area contributed by atoms with Gasteiger partial charge in [0.15, 0.2) is 0 Å². The molecule has 0 saturated heterocycles. The quantitative estimate of drug-likeness (QED) is 0.735. The monoisotopic (exact) mass is 236 g/mol. The van der Waals surface area contributed by atoms with Crippen LogP contribution >= 0.6 is 0 Å². The maximum absolute atomic E-state index is 11.6. The Labute approximate surface area is 98.4 Å². The fourth-order valence-corrected chi connectivity index (χ4v) is 2.16. The van der Waals surface area contributed by atoms with Gasteiger partial charge in [0.1, 0.15) is 0 Å². The summed E-state index contributed by atoms with van der Waals surface area (Å²) in [7, 11) is 0. The summed E-state index contributed by atoms with van der Waals surface area (Å²) >= 11 is 0. The average Bonchev–Trinajstić information content (AvgIpc) is 2.75. The fraction of sp³-hybridized carbons (Fsp3) is 0.500. The van der Waals surface area contributed by atoms with E-state index in [0.29, 0.717) is 12.1 Å². The highest BCUT2D eigenvalue weighted by Gasteiger charge is 2.31. The lowest BCUT2D eigenvalue weighted by molar-refractivity contribution is 0.115. The molecule has 2 N–H and O–H groups in total. The molecule has 0 saturated carbocycles. The maximum Gasteiger partial charge on any atom is 0.328 e. The van der Waals surface area contributed by atoms with Crippen LogP contribution in [0.4, 0.5) is 0 Å². The van der Waals surface area contributed by atoms with Crippen LogP contribution in [0.25, 0.3) is 0 Å². The smallest absolute Gasteiger partial charge is 0.328 e. The van der Waals surface area contributed by atoms with E-state index in [9.17, 15) is 14.7 Å². The minimum absolute atomic E-state index is 0.0324. The topological polar surface area (TPSA) is 75.1 Å². The predicted octanol–water partition coefficient (Wildman–Crippen LogP) is 0.174. The van der Waals surface area contributed by atoms with Gasteiger partial charge in [-0.1, -0.05) is 12.2 Å². The Kier molecular flexibility index (Phi) is 3.02. The van der Waals surface area contributed by atoms with E-state index in [1.54, 1.807) is 13.1 Å². The number of aromatic nitrogens is 2. The summed E-state index contributed by atoms with van der Waals surface area (Å²) in [6.07, 6.45) is 7.10. The molecule has 1 aliphatic carbocycles. The summed E-state index contributed by atoms with van der Waals surface area (Å²) in [5.74, 6) is 0. The van der Waals surface area contributed by atoms with Crippen molar-refractivity contribution in [3.63, 3.8) is 0 Å². The first-order valence-electron chi connectivity index (χ1n) is 5.63. The van der Waals surface area contributed by atoms with Crippen LogP contribution in [0.2, 0.25) is 0 Å². The Balaban J connectivity index is 2.33. The van der Waals surface area contributed by atoms with Gasteiger partial charge in [-0.2, -0.15) is 0 Å². The molecule has 5 heteroatoms. The zero-order valence-corrected chi connectivity index (χ0v) is 9.77. The van der Waals surface area contributed by atoms with E-state index in [-0.39, 0.29) is 17.6 Å². The van der Waals surface area contributed by atoms with Gasteiger partial charge in [0.2, 0.25) is 0 Å². The lowest BCUT2D eigenvalue weighted by atomic mass is 9.86. The Morgan fingerprint density at radius 2 is 2.06 bits per heavy atom. The van der Waals surface area contributed by atoms with Crippen molar-refractivity contribution in [1.82, 2.24) is 9.55 Å². The summed E-state index contributed by atoms with van der Waals surface area (Å²) < 4.78 is 1.47. The third kappa shape index (κ3) is 2.24. The summed E-state index contributed by atoms with van der Waals surface area (Å²) in [5, 5.41) is 9.47. The molecular formula is C12H16N2O3. The second-order valence-electron chi connectivity index (χ2n) is 4.74. The normalized spacial score (nSPS) is 17.5. The minimum atomic E-state index is -0.416. The van der Waals surface area contributed by atoms with Crippen LogP contribution in [0.15, 0.2) is 27.9 Å². The van der Waals surface area contributed by atoms with Crippen molar-refractivity contribution in [2.24, 2.45) is 5.41 Å². The molecule has 1 aliphatic rings. The van der Waals surface area contributed by atoms with Gasteiger partial charge in [-0.25, -0.2) is 4.79 Å². The molecule has 0 fully saturated rings. The molecule has 0 atom stereocenters. The van der Waals surface area contributed by atoms with Crippen molar-refractivity contribution in [2.75, 3.05) is 6.61 Å². The van der Waals surface area contributed by atoms with E-state index < -0.39 is 5.69 Å². The molecule has 17 heavy (non-hydrogen) atoms. The fourth-order valence-electron chi connectivity index (χ4n) is 2.16. The molecule has 0 amide bonds. The van der Waals surface area contributed by atoms with E-state index in [1.807, 2.05) is 12.2 Å². The van der Waals surface area contributed by atoms with Crippen LogP contribution in [0.5, 0.6) is 0 Å². The predicted molar refractivity (Wildman–Crippen MR) is 64.0 cm³/mol. The van der Waals surface area contributed by atoms with Gasteiger partial charge in [-0.05, 0) is 19.8 Å². The van der Waals surface area contributed by atoms with Crippen molar-refractivity contribution >= 4 is 0 Å². The summed E-state index contributed by atoms with van der Waals surface area (Å²) in [4.78, 5) is 25.2. The molecular weight excluding hydrogens is 220 g/mol. The van der Waals surface area contributed by atoms with Crippen LogP contribution in [-0.2, 0) is 6.54 Å². The molecule has 92 valence electrons. The molecule has 1 aromatic rings. The Bertz CT molecular complexity index is 546. The van der Waals surface area contributed by atoms with E-state index in [2.05, 4.69) is 4.98 Å². The van der Waals surface area contributed by atoms with E-state index in [1.165, 1.54) is 4.57 Å². The third-order valence-electron chi connectivity index (χ3n) is 3.30. The number of aromatic amines is 1. The van der Waals surface area contributed by atoms with Crippen LogP contribution in [-0.4, -0.2) is 21.3 Å². The van der Waals surface area contributed by atoms with Crippen LogP contribution in [0.1, 0.15) is 18.4 Å². The minimum Gasteiger partial charge on any atom is -0.396 e. The summed E-state index contributed by atoms with van der Waals surface area (Å²) in [6, 6.07) is 0. The van der Waals surface area contributed by atoms with E-state index in [0.717, 1.165) is 12.8 Å². The number of hydrogen-bond donors (Lipinski definition) is 2. The lowest BCUT2D eigenvalue weighted by Gasteiger charge is -2.27. The van der Waals surface area contributed by atoms with Gasteiger partial charge < -0.3 is 5.11 Å². The first-order valence-corrected chi connectivity index (χ1v) is 5.63. The zero-order valence-electron chi connectivity index (χ0n) is 9.77. The number of H-pyrrole nitrogens is 1. The summed E-state index contributed by atoms with van der Waals surface area (Å²) in [6.45, 7) is 2.12. The van der Waals surface area contributed by atoms with Crippen molar-refractivity contribution in [2.45, 2.75) is 26.3 Å². The van der Waals surface area contributed by atoms with Crippen molar-refractivity contribution in [1.29, 1.82) is 0 Å². The molecule has 0 aromatic carbocycles. The second-order valence-corrected chi connectivity index (χ2v) is 4.74. The Morgan fingerprint density at radius 1 is 1.41 bits per heavy atom. The molecule has 0 aliphatic heterocycles. The van der Waals surface area contributed by atoms with Crippen LogP contribution in [0, 0.1) is 12.3 Å². The highest BCUT2D eigenvalue weighted by Crippen LogP contribution is 2.33. The number of hydrogen-bond acceptors (Lipinski definition) is 3. The van der Waals surface area contributed by atoms with E-state index in [4.69, 9.17) is 0 Å². The SMILES string of the molecule is Cc1cn(CC2(CO)CC=CC2)c(=O)[nH]c1=O. The average molecular weight is 236 g/mol. The molecule has 1 heterocycles. The molecule has 0 radical (unpaired) electrons. The van der Waals surface area contributed by atoms with Gasteiger partial charge in [0.25, 0.3) is 5.56 Å². The van der Waals surface area contributed by atoms with E-state index >= 15 is 0 Å². The van der Waals surface area contributed by atoms with Crippen LogP contribution in [0.3, 0.4) is 0 Å². The number of nitrogens with zero attached hydrogens (tertiary/aromatic N) is 1. The van der Waals surface area contributed by atoms with Gasteiger partial charge in [0.05, 0.1) is 6.61 Å². The molecule has 0 bridgehead atoms.